The zero-order valence-electron chi connectivity index (χ0n) is 17.2. The van der Waals surface area contributed by atoms with Crippen molar-refractivity contribution in [3.05, 3.63) is 70.3 Å². The average Bonchev–Trinajstić information content (AvgIpc) is 2.89. The Morgan fingerprint density at radius 2 is 1.83 bits per heavy atom. The summed E-state index contributed by atoms with van der Waals surface area (Å²) in [4.78, 5) is 38.4. The van der Waals surface area contributed by atoms with Gasteiger partial charge in [0.1, 0.15) is 23.7 Å². The number of nitrogens with one attached hydrogen (secondary N) is 2. The van der Waals surface area contributed by atoms with Crippen molar-refractivity contribution in [2.75, 3.05) is 6.54 Å². The van der Waals surface area contributed by atoms with E-state index in [9.17, 15) is 23.2 Å². The minimum atomic E-state index is -1.80. The molecule has 8 heteroatoms. The maximum Gasteiger partial charge on any atom is 0.325 e. The van der Waals surface area contributed by atoms with E-state index in [1.54, 1.807) is 6.92 Å². The summed E-state index contributed by atoms with van der Waals surface area (Å²) in [6.45, 7) is 6.48. The second kappa shape index (κ2) is 7.85. The number of imide groups is 1. The van der Waals surface area contributed by atoms with E-state index in [1.165, 1.54) is 6.92 Å². The number of halogens is 2. The zero-order valence-corrected chi connectivity index (χ0v) is 17.2. The monoisotopic (exact) mass is 415 g/mol. The number of benzene rings is 2. The minimum absolute atomic E-state index is 0.299. The van der Waals surface area contributed by atoms with E-state index < -0.39 is 41.6 Å². The van der Waals surface area contributed by atoms with Crippen molar-refractivity contribution in [2.24, 2.45) is 0 Å². The second-order valence-electron chi connectivity index (χ2n) is 7.70. The Balaban J connectivity index is 1.74. The average molecular weight is 415 g/mol. The molecule has 1 saturated heterocycles. The van der Waals surface area contributed by atoms with Gasteiger partial charge in [0, 0.05) is 5.56 Å². The Labute approximate surface area is 173 Å². The molecule has 0 saturated carbocycles. The summed E-state index contributed by atoms with van der Waals surface area (Å²) < 4.78 is 27.8. The third-order valence-electron chi connectivity index (χ3n) is 5.45. The van der Waals surface area contributed by atoms with Crippen LogP contribution in [0.1, 0.15) is 42.1 Å². The summed E-state index contributed by atoms with van der Waals surface area (Å²) in [5.74, 6) is -2.95. The molecule has 2 aromatic rings. The number of rotatable bonds is 5. The van der Waals surface area contributed by atoms with Crippen molar-refractivity contribution < 1.29 is 23.2 Å². The molecule has 2 N–H and O–H groups in total. The number of urea groups is 1. The zero-order chi connectivity index (χ0) is 22.2. The molecule has 2 aromatic carbocycles. The Kier molecular flexibility index (Phi) is 5.61. The van der Waals surface area contributed by atoms with Crippen molar-refractivity contribution in [3.63, 3.8) is 0 Å². The quantitative estimate of drug-likeness (QED) is 0.736. The number of hydrogen-bond donors (Lipinski definition) is 2. The first-order chi connectivity index (χ1) is 14.0. The summed E-state index contributed by atoms with van der Waals surface area (Å²) in [7, 11) is 0. The van der Waals surface area contributed by atoms with Gasteiger partial charge in [-0.3, -0.25) is 14.5 Å². The third-order valence-corrected chi connectivity index (χ3v) is 5.45. The summed E-state index contributed by atoms with van der Waals surface area (Å²) in [6, 6.07) is 7.27. The molecular weight excluding hydrogens is 392 g/mol. The van der Waals surface area contributed by atoms with E-state index in [2.05, 4.69) is 10.6 Å². The van der Waals surface area contributed by atoms with Crippen molar-refractivity contribution in [3.8, 4) is 0 Å². The van der Waals surface area contributed by atoms with Crippen LogP contribution in [-0.2, 0) is 15.1 Å². The lowest BCUT2D eigenvalue weighted by atomic mass is 9.91. The van der Waals surface area contributed by atoms with Crippen LogP contribution in [0, 0.1) is 25.5 Å². The van der Waals surface area contributed by atoms with Gasteiger partial charge in [0.15, 0.2) is 0 Å². The fraction of sp³-hybridized carbons (Fsp3) is 0.318. The lowest BCUT2D eigenvalue weighted by Gasteiger charge is -2.23. The molecule has 6 nitrogen and oxygen atoms in total. The van der Waals surface area contributed by atoms with Crippen molar-refractivity contribution in [1.82, 2.24) is 15.5 Å². The summed E-state index contributed by atoms with van der Waals surface area (Å²) >= 11 is 0. The summed E-state index contributed by atoms with van der Waals surface area (Å²) in [5.41, 5.74) is 0.988. The Bertz CT molecular complexity index is 1040. The smallest absolute Gasteiger partial charge is 0.325 e. The number of carbonyl (C=O) groups is 3. The van der Waals surface area contributed by atoms with E-state index in [4.69, 9.17) is 0 Å². The lowest BCUT2D eigenvalue weighted by molar-refractivity contribution is -0.135. The molecule has 0 radical (unpaired) electrons. The van der Waals surface area contributed by atoms with E-state index in [-0.39, 0.29) is 11.6 Å². The van der Waals surface area contributed by atoms with Gasteiger partial charge in [-0.25, -0.2) is 13.6 Å². The molecule has 0 aliphatic carbocycles. The van der Waals surface area contributed by atoms with Crippen molar-refractivity contribution >= 4 is 17.8 Å². The first-order valence-corrected chi connectivity index (χ1v) is 9.49. The van der Waals surface area contributed by atoms with Crippen LogP contribution in [-0.4, -0.2) is 29.3 Å². The summed E-state index contributed by atoms with van der Waals surface area (Å²) in [6.07, 6.45) is 0. The van der Waals surface area contributed by atoms with Gasteiger partial charge >= 0.3 is 6.03 Å². The minimum Gasteiger partial charge on any atom is -0.348 e. The Hall–Kier alpha value is -3.29. The van der Waals surface area contributed by atoms with Gasteiger partial charge in [-0.15, -0.1) is 0 Å². The topological polar surface area (TPSA) is 78.5 Å². The first kappa shape index (κ1) is 21.4. The van der Waals surface area contributed by atoms with Crippen LogP contribution in [0.5, 0.6) is 0 Å². The van der Waals surface area contributed by atoms with Crippen molar-refractivity contribution in [1.29, 1.82) is 0 Å². The molecule has 0 bridgehead atoms. The van der Waals surface area contributed by atoms with Crippen LogP contribution in [0.3, 0.4) is 0 Å². The molecule has 3 rings (SSSR count). The Morgan fingerprint density at radius 1 is 1.13 bits per heavy atom. The number of carbonyl (C=O) groups excluding carboxylic acids is 3. The number of aryl methyl sites for hydroxylation is 2. The van der Waals surface area contributed by atoms with Crippen LogP contribution >= 0.6 is 0 Å². The highest BCUT2D eigenvalue weighted by Gasteiger charge is 2.50. The van der Waals surface area contributed by atoms with Gasteiger partial charge in [-0.05, 0) is 62.6 Å². The van der Waals surface area contributed by atoms with Gasteiger partial charge in [-0.1, -0.05) is 18.2 Å². The number of amides is 4. The fourth-order valence-electron chi connectivity index (χ4n) is 3.45. The maximum absolute atomic E-state index is 14.2. The van der Waals surface area contributed by atoms with Gasteiger partial charge in [0.05, 0.1) is 6.04 Å². The molecule has 1 fully saturated rings. The molecule has 158 valence electrons. The molecule has 30 heavy (non-hydrogen) atoms. The molecule has 4 amide bonds. The highest BCUT2D eigenvalue weighted by molar-refractivity contribution is 6.09. The maximum atomic E-state index is 14.2. The van der Waals surface area contributed by atoms with Crippen LogP contribution < -0.4 is 10.6 Å². The highest BCUT2D eigenvalue weighted by atomic mass is 19.1. The second-order valence-corrected chi connectivity index (χ2v) is 7.70. The van der Waals surface area contributed by atoms with E-state index in [0.717, 1.165) is 34.9 Å². The predicted octanol–water partition coefficient (Wildman–Crippen LogP) is 3.23. The van der Waals surface area contributed by atoms with Crippen LogP contribution in [0.2, 0.25) is 0 Å². The van der Waals surface area contributed by atoms with Gasteiger partial charge in [0.2, 0.25) is 5.91 Å². The van der Waals surface area contributed by atoms with Gasteiger partial charge in [-0.2, -0.15) is 0 Å². The number of nitrogens with zero attached hydrogens (tertiary/aromatic N) is 1. The normalized spacial score (nSPS) is 19.6. The van der Waals surface area contributed by atoms with E-state index in [1.807, 2.05) is 32.0 Å². The molecule has 1 heterocycles. The standard InChI is InChI=1S/C22H23F2N3O3/c1-12-5-6-15(9-13(12)2)14(3)25-19(28)11-27-20(29)22(4,26-21(27)30)17-10-16(23)7-8-18(17)24/h5-10,14H,11H2,1-4H3,(H,25,28)(H,26,30)/t14-,22+/m0/s1. The van der Waals surface area contributed by atoms with Gasteiger partial charge < -0.3 is 10.6 Å². The van der Waals surface area contributed by atoms with E-state index >= 15 is 0 Å². The predicted molar refractivity (Wildman–Crippen MR) is 106 cm³/mol. The molecule has 1 aliphatic rings. The largest absolute Gasteiger partial charge is 0.348 e. The molecule has 1 aliphatic heterocycles. The lowest BCUT2D eigenvalue weighted by Crippen LogP contribution is -2.44. The van der Waals surface area contributed by atoms with Crippen LogP contribution in [0.15, 0.2) is 36.4 Å². The molecule has 0 unspecified atom stereocenters. The molecule has 2 atom stereocenters. The summed E-state index contributed by atoms with van der Waals surface area (Å²) in [5, 5.41) is 5.12. The Morgan fingerprint density at radius 3 is 2.50 bits per heavy atom. The SMILES string of the molecule is Cc1ccc([C@H](C)NC(=O)CN2C(=O)N[C@](C)(c3cc(F)ccc3F)C2=O)cc1C. The van der Waals surface area contributed by atoms with E-state index in [0.29, 0.717) is 4.90 Å². The third kappa shape index (κ3) is 3.90. The highest BCUT2D eigenvalue weighted by Crippen LogP contribution is 2.31. The number of hydrogen-bond acceptors (Lipinski definition) is 3. The molecule has 0 aromatic heterocycles. The van der Waals surface area contributed by atoms with Gasteiger partial charge in [0.25, 0.3) is 5.91 Å². The molecular formula is C22H23F2N3O3. The first-order valence-electron chi connectivity index (χ1n) is 9.49. The van der Waals surface area contributed by atoms with Crippen molar-refractivity contribution in [2.45, 2.75) is 39.3 Å². The van der Waals surface area contributed by atoms with Crippen LogP contribution in [0.25, 0.3) is 0 Å². The fourth-order valence-corrected chi connectivity index (χ4v) is 3.45. The molecule has 0 spiro atoms. The van der Waals surface area contributed by atoms with Crippen LogP contribution in [0.4, 0.5) is 13.6 Å².